The molecular weight excluding hydrogens is 473 g/mol. The Kier molecular flexibility index (Phi) is 10.8. The molecule has 1 aliphatic heterocycles. The van der Waals surface area contributed by atoms with Crippen molar-refractivity contribution in [2.75, 3.05) is 40.5 Å². The van der Waals surface area contributed by atoms with Gasteiger partial charge in [0.05, 0.1) is 38.4 Å². The summed E-state index contributed by atoms with van der Waals surface area (Å²) >= 11 is 0. The van der Waals surface area contributed by atoms with Gasteiger partial charge in [-0.05, 0) is 33.6 Å². The molecule has 8 nitrogen and oxygen atoms in total. The van der Waals surface area contributed by atoms with E-state index in [2.05, 4.69) is 29.2 Å². The number of guanidine groups is 1. The van der Waals surface area contributed by atoms with E-state index in [1.54, 1.807) is 7.11 Å². The van der Waals surface area contributed by atoms with Crippen molar-refractivity contribution in [3.8, 4) is 0 Å². The Hall–Kier alpha value is -1.36. The van der Waals surface area contributed by atoms with Crippen LogP contribution in [0.3, 0.4) is 0 Å². The van der Waals surface area contributed by atoms with Crippen molar-refractivity contribution in [1.82, 2.24) is 20.0 Å². The maximum Gasteiger partial charge on any atom is 0.308 e. The monoisotopic (exact) mass is 507 g/mol. The summed E-state index contributed by atoms with van der Waals surface area (Å²) in [5, 5.41) is 7.98. The number of aryl methyl sites for hydroxylation is 1. The number of piperidine rings is 1. The fourth-order valence-corrected chi connectivity index (χ4v) is 3.43. The summed E-state index contributed by atoms with van der Waals surface area (Å²) in [5.41, 5.74) is 3.30. The van der Waals surface area contributed by atoms with Gasteiger partial charge in [-0.1, -0.05) is 0 Å². The number of hydrogen-bond acceptors (Lipinski definition) is 5. The minimum absolute atomic E-state index is 0. The molecular formula is C19H34IN5O3. The van der Waals surface area contributed by atoms with E-state index in [0.29, 0.717) is 13.2 Å². The maximum atomic E-state index is 11.7. The van der Waals surface area contributed by atoms with Crippen LogP contribution in [-0.2, 0) is 27.4 Å². The van der Waals surface area contributed by atoms with E-state index in [-0.39, 0.29) is 35.9 Å². The van der Waals surface area contributed by atoms with Crippen LogP contribution in [0.15, 0.2) is 4.99 Å². The van der Waals surface area contributed by atoms with Crippen LogP contribution < -0.4 is 5.32 Å². The van der Waals surface area contributed by atoms with E-state index >= 15 is 0 Å². The van der Waals surface area contributed by atoms with Crippen LogP contribution in [0.4, 0.5) is 0 Å². The topological polar surface area (TPSA) is 81.0 Å². The van der Waals surface area contributed by atoms with E-state index in [4.69, 9.17) is 14.5 Å². The molecule has 0 saturated carbocycles. The van der Waals surface area contributed by atoms with E-state index in [9.17, 15) is 4.79 Å². The molecule has 2 rings (SSSR count). The lowest BCUT2D eigenvalue weighted by Gasteiger charge is -2.33. The third-order valence-corrected chi connectivity index (χ3v) is 5.09. The number of halogens is 1. The Morgan fingerprint density at radius 2 is 1.96 bits per heavy atom. The number of methoxy groups -OCH3 is 2. The zero-order valence-electron chi connectivity index (χ0n) is 17.7. The lowest BCUT2D eigenvalue weighted by molar-refractivity contribution is -0.146. The molecule has 0 amide bonds. The standard InChI is InChI=1S/C19H33N5O3.HI/c1-6-20-19(23-9-7-16(8-10-23)18(25)27-5)21-13-17-14(2)22-24(15(17)3)11-12-26-4;/h16H,6-13H2,1-5H3,(H,20,21);1H. The molecule has 0 bridgehead atoms. The average Bonchev–Trinajstić information content (AvgIpc) is 2.96. The molecule has 0 unspecified atom stereocenters. The predicted octanol–water partition coefficient (Wildman–Crippen LogP) is 2.11. The first kappa shape index (κ1) is 24.7. The largest absolute Gasteiger partial charge is 0.469 e. The fraction of sp³-hybridized carbons (Fsp3) is 0.737. The summed E-state index contributed by atoms with van der Waals surface area (Å²) in [6.45, 7) is 10.6. The van der Waals surface area contributed by atoms with Crippen molar-refractivity contribution in [2.24, 2.45) is 10.9 Å². The Morgan fingerprint density at radius 3 is 2.54 bits per heavy atom. The molecule has 9 heteroatoms. The molecule has 1 saturated heterocycles. The van der Waals surface area contributed by atoms with Crippen molar-refractivity contribution in [1.29, 1.82) is 0 Å². The van der Waals surface area contributed by atoms with Gasteiger partial charge in [-0.2, -0.15) is 5.10 Å². The molecule has 0 aliphatic carbocycles. The quantitative estimate of drug-likeness (QED) is 0.264. The Morgan fingerprint density at radius 1 is 1.29 bits per heavy atom. The van der Waals surface area contributed by atoms with Crippen molar-refractivity contribution in [2.45, 2.75) is 46.7 Å². The molecule has 0 atom stereocenters. The van der Waals surface area contributed by atoms with Gasteiger partial charge in [-0.15, -0.1) is 24.0 Å². The number of carbonyl (C=O) groups excluding carboxylic acids is 1. The van der Waals surface area contributed by atoms with E-state index in [0.717, 1.165) is 61.9 Å². The van der Waals surface area contributed by atoms with E-state index in [1.807, 2.05) is 11.6 Å². The second-order valence-electron chi connectivity index (χ2n) is 6.82. The molecule has 160 valence electrons. The fourth-order valence-electron chi connectivity index (χ4n) is 3.43. The number of hydrogen-bond donors (Lipinski definition) is 1. The number of nitrogens with one attached hydrogen (secondary N) is 1. The summed E-state index contributed by atoms with van der Waals surface area (Å²) in [7, 11) is 3.15. The first-order valence-electron chi connectivity index (χ1n) is 9.64. The number of rotatable bonds is 7. The SMILES string of the molecule is CCNC(=NCc1c(C)nn(CCOC)c1C)N1CCC(C(=O)OC)CC1.I. The molecule has 28 heavy (non-hydrogen) atoms. The van der Waals surface area contributed by atoms with Gasteiger partial charge in [-0.3, -0.25) is 9.48 Å². The zero-order valence-corrected chi connectivity index (χ0v) is 20.0. The van der Waals surface area contributed by atoms with Gasteiger partial charge < -0.3 is 19.7 Å². The Labute approximate surface area is 185 Å². The van der Waals surface area contributed by atoms with Crippen LogP contribution in [-0.4, -0.2) is 67.1 Å². The molecule has 1 N–H and O–H groups in total. The first-order valence-corrected chi connectivity index (χ1v) is 9.64. The normalized spacial score (nSPS) is 15.3. The second-order valence-corrected chi connectivity index (χ2v) is 6.82. The number of nitrogens with zero attached hydrogens (tertiary/aromatic N) is 4. The summed E-state index contributed by atoms with van der Waals surface area (Å²) in [5.74, 6) is 0.785. The van der Waals surface area contributed by atoms with Crippen molar-refractivity contribution < 1.29 is 14.3 Å². The van der Waals surface area contributed by atoms with Gasteiger partial charge in [0.25, 0.3) is 0 Å². The molecule has 0 spiro atoms. The van der Waals surface area contributed by atoms with Crippen molar-refractivity contribution in [3.63, 3.8) is 0 Å². The number of aliphatic imine (C=N–C) groups is 1. The van der Waals surface area contributed by atoms with Crippen LogP contribution in [0.1, 0.15) is 36.7 Å². The minimum Gasteiger partial charge on any atom is -0.469 e. The smallest absolute Gasteiger partial charge is 0.308 e. The van der Waals surface area contributed by atoms with Crippen LogP contribution in [0.2, 0.25) is 0 Å². The average molecular weight is 507 g/mol. The summed E-state index contributed by atoms with van der Waals surface area (Å²) in [6, 6.07) is 0. The zero-order chi connectivity index (χ0) is 19.8. The highest BCUT2D eigenvalue weighted by Crippen LogP contribution is 2.19. The van der Waals surface area contributed by atoms with E-state index < -0.39 is 0 Å². The van der Waals surface area contributed by atoms with Gasteiger partial charge in [0.2, 0.25) is 0 Å². The lowest BCUT2D eigenvalue weighted by atomic mass is 9.97. The Balaban J connectivity index is 0.00000392. The molecule has 2 heterocycles. The number of carbonyl (C=O) groups is 1. The Bertz CT molecular complexity index is 654. The highest BCUT2D eigenvalue weighted by atomic mass is 127. The molecule has 1 aromatic heterocycles. The highest BCUT2D eigenvalue weighted by Gasteiger charge is 2.27. The number of ether oxygens (including phenoxy) is 2. The van der Waals surface area contributed by atoms with Crippen LogP contribution in [0, 0.1) is 19.8 Å². The molecule has 0 radical (unpaired) electrons. The van der Waals surface area contributed by atoms with Crippen molar-refractivity contribution >= 4 is 35.9 Å². The summed E-state index contributed by atoms with van der Waals surface area (Å²) < 4.78 is 12.0. The highest BCUT2D eigenvalue weighted by molar-refractivity contribution is 14.0. The first-order chi connectivity index (χ1) is 13.0. The second kappa shape index (κ2) is 12.3. The molecule has 1 aromatic rings. The molecule has 1 aliphatic rings. The van der Waals surface area contributed by atoms with E-state index in [1.165, 1.54) is 7.11 Å². The molecule has 1 fully saturated rings. The summed E-state index contributed by atoms with van der Waals surface area (Å²) in [4.78, 5) is 18.8. The minimum atomic E-state index is -0.105. The maximum absolute atomic E-state index is 11.7. The van der Waals surface area contributed by atoms with Crippen LogP contribution in [0.25, 0.3) is 0 Å². The summed E-state index contributed by atoms with van der Waals surface area (Å²) in [6.07, 6.45) is 1.59. The van der Waals surface area contributed by atoms with Crippen molar-refractivity contribution in [3.05, 3.63) is 17.0 Å². The number of likely N-dealkylation sites (tertiary alicyclic amines) is 1. The lowest BCUT2D eigenvalue weighted by Crippen LogP contribution is -2.46. The van der Waals surface area contributed by atoms with Gasteiger partial charge >= 0.3 is 5.97 Å². The van der Waals surface area contributed by atoms with Crippen LogP contribution in [0.5, 0.6) is 0 Å². The predicted molar refractivity (Wildman–Crippen MR) is 120 cm³/mol. The van der Waals surface area contributed by atoms with Gasteiger partial charge in [-0.25, -0.2) is 4.99 Å². The molecule has 0 aromatic carbocycles. The number of aromatic nitrogens is 2. The third-order valence-electron chi connectivity index (χ3n) is 5.09. The van der Waals surface area contributed by atoms with Gasteiger partial charge in [0.15, 0.2) is 5.96 Å². The van der Waals surface area contributed by atoms with Gasteiger partial charge in [0.1, 0.15) is 0 Å². The third kappa shape index (κ3) is 6.33. The van der Waals surface area contributed by atoms with Gasteiger partial charge in [0, 0.05) is 38.0 Å². The van der Waals surface area contributed by atoms with Crippen LogP contribution >= 0.6 is 24.0 Å². The number of esters is 1.